The van der Waals surface area contributed by atoms with E-state index in [0.29, 0.717) is 5.75 Å². The van der Waals surface area contributed by atoms with Crippen molar-refractivity contribution in [1.82, 2.24) is 4.72 Å². The molecule has 0 saturated heterocycles. The first-order chi connectivity index (χ1) is 8.76. The number of ether oxygens (including phenoxy) is 1. The molecule has 1 fully saturated rings. The van der Waals surface area contributed by atoms with E-state index in [2.05, 4.69) is 0 Å². The normalized spacial score (nSPS) is 20.7. The highest BCUT2D eigenvalue weighted by molar-refractivity contribution is 7.90. The summed E-state index contributed by atoms with van der Waals surface area (Å²) < 4.78 is 29.6. The van der Waals surface area contributed by atoms with Crippen molar-refractivity contribution < 1.29 is 17.9 Å². The largest absolute Gasteiger partial charge is 0.497 e. The van der Waals surface area contributed by atoms with Crippen molar-refractivity contribution >= 4 is 39.1 Å². The van der Waals surface area contributed by atoms with Crippen molar-refractivity contribution in [3.05, 3.63) is 24.3 Å². The second-order valence-corrected chi connectivity index (χ2v) is 7.39. The number of nitrogens with one attached hydrogen (secondary N) is 1. The van der Waals surface area contributed by atoms with Crippen LogP contribution in [0, 0.1) is 5.92 Å². The molecule has 0 bridgehead atoms. The minimum atomic E-state index is -3.91. The minimum absolute atomic E-state index is 0.0305. The highest BCUT2D eigenvalue weighted by Crippen LogP contribution is 2.53. The first-order valence-electron chi connectivity index (χ1n) is 5.35. The topological polar surface area (TPSA) is 72.5 Å². The Bertz CT molecular complexity index is 598. The summed E-state index contributed by atoms with van der Waals surface area (Å²) >= 11 is 11.4. The summed E-state index contributed by atoms with van der Waals surface area (Å²) in [4.78, 5) is 11.6. The molecule has 5 nitrogen and oxygen atoms in total. The van der Waals surface area contributed by atoms with Gasteiger partial charge in [0, 0.05) is 0 Å². The number of amides is 1. The molecule has 0 radical (unpaired) electrons. The highest BCUT2D eigenvalue weighted by Gasteiger charge is 2.57. The van der Waals surface area contributed by atoms with E-state index in [4.69, 9.17) is 27.9 Å². The van der Waals surface area contributed by atoms with E-state index in [-0.39, 0.29) is 11.3 Å². The molecule has 1 saturated carbocycles. The van der Waals surface area contributed by atoms with Gasteiger partial charge < -0.3 is 4.74 Å². The molecule has 104 valence electrons. The third kappa shape index (κ3) is 3.13. The monoisotopic (exact) mass is 323 g/mol. The van der Waals surface area contributed by atoms with Crippen LogP contribution in [0.25, 0.3) is 0 Å². The summed E-state index contributed by atoms with van der Waals surface area (Å²) in [6, 6.07) is 5.67. The zero-order chi connectivity index (χ0) is 14.3. The maximum atomic E-state index is 11.9. The summed E-state index contributed by atoms with van der Waals surface area (Å²) in [7, 11) is -2.44. The fourth-order valence-electron chi connectivity index (χ4n) is 1.52. The summed E-state index contributed by atoms with van der Waals surface area (Å²) in [5.41, 5.74) is 0. The molecule has 1 aliphatic carbocycles. The van der Waals surface area contributed by atoms with E-state index in [1.165, 1.54) is 31.4 Å². The van der Waals surface area contributed by atoms with Crippen molar-refractivity contribution in [2.45, 2.75) is 15.6 Å². The summed E-state index contributed by atoms with van der Waals surface area (Å²) in [5.74, 6) is -0.863. The predicted octanol–water partition coefficient (Wildman–Crippen LogP) is 1.69. The van der Waals surface area contributed by atoms with Crippen molar-refractivity contribution in [3.8, 4) is 5.75 Å². The number of benzene rings is 1. The molecule has 2 rings (SSSR count). The Morgan fingerprint density at radius 1 is 1.37 bits per heavy atom. The zero-order valence-electron chi connectivity index (χ0n) is 9.89. The predicted molar refractivity (Wildman–Crippen MR) is 70.9 cm³/mol. The van der Waals surface area contributed by atoms with Crippen LogP contribution in [0.4, 0.5) is 0 Å². The molecule has 19 heavy (non-hydrogen) atoms. The van der Waals surface area contributed by atoms with Gasteiger partial charge >= 0.3 is 0 Å². The maximum Gasteiger partial charge on any atom is 0.264 e. The average Bonchev–Trinajstić information content (AvgIpc) is 2.98. The lowest BCUT2D eigenvalue weighted by Crippen LogP contribution is -2.32. The molecule has 0 heterocycles. The SMILES string of the molecule is COc1ccc(S(=O)(=O)NC(=O)C2CC2(Cl)Cl)cc1. The average molecular weight is 324 g/mol. The Balaban J connectivity index is 2.12. The molecular weight excluding hydrogens is 313 g/mol. The number of methoxy groups -OCH3 is 1. The summed E-state index contributed by atoms with van der Waals surface area (Å²) in [6.45, 7) is 0. The van der Waals surface area contributed by atoms with E-state index >= 15 is 0 Å². The van der Waals surface area contributed by atoms with Gasteiger partial charge in [0.1, 0.15) is 10.1 Å². The first kappa shape index (κ1) is 14.4. The Morgan fingerprint density at radius 3 is 2.32 bits per heavy atom. The number of alkyl halides is 2. The molecule has 1 aromatic rings. The van der Waals surface area contributed by atoms with Gasteiger partial charge in [0.15, 0.2) is 0 Å². The van der Waals surface area contributed by atoms with Crippen LogP contribution in [0.15, 0.2) is 29.2 Å². The molecule has 1 N–H and O–H groups in total. The van der Waals surface area contributed by atoms with E-state index < -0.39 is 26.2 Å². The third-order valence-corrected chi connectivity index (χ3v) is 4.95. The smallest absolute Gasteiger partial charge is 0.264 e. The van der Waals surface area contributed by atoms with Gasteiger partial charge in [0.05, 0.1) is 17.9 Å². The van der Waals surface area contributed by atoms with Crippen LogP contribution in [-0.4, -0.2) is 25.8 Å². The molecule has 1 amide bonds. The lowest BCUT2D eigenvalue weighted by atomic mass is 10.3. The molecule has 0 aliphatic heterocycles. The molecular formula is C11H11Cl2NO4S. The number of hydrogen-bond acceptors (Lipinski definition) is 4. The highest BCUT2D eigenvalue weighted by atomic mass is 35.5. The molecule has 1 aliphatic rings. The number of rotatable bonds is 4. The second-order valence-electron chi connectivity index (χ2n) is 4.16. The quantitative estimate of drug-likeness (QED) is 0.856. The van der Waals surface area contributed by atoms with Gasteiger partial charge in [0.25, 0.3) is 10.0 Å². The number of hydrogen-bond donors (Lipinski definition) is 1. The first-order valence-corrected chi connectivity index (χ1v) is 7.59. The van der Waals surface area contributed by atoms with Crippen molar-refractivity contribution in [2.75, 3.05) is 7.11 Å². The van der Waals surface area contributed by atoms with E-state index in [1.54, 1.807) is 0 Å². The number of sulfonamides is 1. The number of carbonyl (C=O) groups is 1. The van der Waals surface area contributed by atoms with Crippen molar-refractivity contribution in [2.24, 2.45) is 5.92 Å². The maximum absolute atomic E-state index is 11.9. The number of halogens is 2. The van der Waals surface area contributed by atoms with Crippen LogP contribution in [0.1, 0.15) is 6.42 Å². The van der Waals surface area contributed by atoms with Crippen molar-refractivity contribution in [3.63, 3.8) is 0 Å². The van der Waals surface area contributed by atoms with Gasteiger partial charge in [-0.25, -0.2) is 13.1 Å². The van der Waals surface area contributed by atoms with Gasteiger partial charge in [-0.3, -0.25) is 4.79 Å². The minimum Gasteiger partial charge on any atom is -0.497 e. The molecule has 1 aromatic carbocycles. The standard InChI is InChI=1S/C11H11Cl2NO4S/c1-18-7-2-4-8(5-3-7)19(16,17)14-10(15)9-6-11(9,12)13/h2-5,9H,6H2,1H3,(H,14,15). The zero-order valence-corrected chi connectivity index (χ0v) is 12.2. The fraction of sp³-hybridized carbons (Fsp3) is 0.364. The van der Waals surface area contributed by atoms with Crippen LogP contribution < -0.4 is 9.46 Å². The van der Waals surface area contributed by atoms with Crippen LogP contribution >= 0.6 is 23.2 Å². The fourth-order valence-corrected chi connectivity index (χ4v) is 3.04. The van der Waals surface area contributed by atoms with Gasteiger partial charge in [-0.2, -0.15) is 0 Å². The third-order valence-electron chi connectivity index (χ3n) is 2.75. The number of carbonyl (C=O) groups excluding carboxylic acids is 1. The van der Waals surface area contributed by atoms with Crippen LogP contribution in [0.5, 0.6) is 5.75 Å². The lowest BCUT2D eigenvalue weighted by molar-refractivity contribution is -0.120. The molecule has 0 aromatic heterocycles. The van der Waals surface area contributed by atoms with Gasteiger partial charge in [-0.05, 0) is 30.7 Å². The van der Waals surface area contributed by atoms with E-state index in [9.17, 15) is 13.2 Å². The Kier molecular flexibility index (Phi) is 3.68. The molecule has 0 spiro atoms. The van der Waals surface area contributed by atoms with Crippen LogP contribution in [-0.2, 0) is 14.8 Å². The van der Waals surface area contributed by atoms with E-state index in [1.807, 2.05) is 4.72 Å². The second kappa shape index (κ2) is 4.85. The van der Waals surface area contributed by atoms with Crippen LogP contribution in [0.2, 0.25) is 0 Å². The van der Waals surface area contributed by atoms with E-state index in [0.717, 1.165) is 0 Å². The Hall–Kier alpha value is -0.980. The lowest BCUT2D eigenvalue weighted by Gasteiger charge is -2.07. The Morgan fingerprint density at radius 2 is 1.89 bits per heavy atom. The molecule has 1 atom stereocenters. The molecule has 1 unspecified atom stereocenters. The summed E-state index contributed by atoms with van der Waals surface area (Å²) in [5, 5.41) is 0. The Labute approximate surface area is 120 Å². The molecule has 8 heteroatoms. The van der Waals surface area contributed by atoms with Gasteiger partial charge in [-0.1, -0.05) is 0 Å². The van der Waals surface area contributed by atoms with Gasteiger partial charge in [-0.15, -0.1) is 23.2 Å². The van der Waals surface area contributed by atoms with Crippen LogP contribution in [0.3, 0.4) is 0 Å². The van der Waals surface area contributed by atoms with Crippen molar-refractivity contribution in [1.29, 1.82) is 0 Å². The van der Waals surface area contributed by atoms with Gasteiger partial charge in [0.2, 0.25) is 5.91 Å². The summed E-state index contributed by atoms with van der Waals surface area (Å²) in [6.07, 6.45) is 0.250.